The van der Waals surface area contributed by atoms with E-state index in [9.17, 15) is 14.5 Å². The average molecular weight is 552 g/mol. The molecule has 0 saturated carbocycles. The molecule has 2 aromatic heterocycles. The monoisotopic (exact) mass is 551 g/mol. The summed E-state index contributed by atoms with van der Waals surface area (Å²) in [5, 5.41) is 13.3. The normalized spacial score (nSPS) is 25.8. The van der Waals surface area contributed by atoms with E-state index in [0.717, 1.165) is 0 Å². The molecule has 1 aliphatic rings. The molecule has 6 atom stereocenters. The zero-order chi connectivity index (χ0) is 27.7. The van der Waals surface area contributed by atoms with Gasteiger partial charge in [0.15, 0.2) is 17.5 Å². The summed E-state index contributed by atoms with van der Waals surface area (Å²) in [6.07, 6.45) is -1.76. The number of hydrogen-bond donors (Lipinski definition) is 2. The largest absolute Gasteiger partial charge is 0.462 e. The van der Waals surface area contributed by atoms with Gasteiger partial charge in [0.25, 0.3) is 0 Å². The van der Waals surface area contributed by atoms with Gasteiger partial charge in [0.05, 0.1) is 25.2 Å². The van der Waals surface area contributed by atoms with Crippen LogP contribution in [0.1, 0.15) is 39.7 Å². The lowest BCUT2D eigenvalue weighted by atomic mass is 9.98. The van der Waals surface area contributed by atoms with Crippen molar-refractivity contribution in [3.63, 3.8) is 0 Å². The lowest BCUT2D eigenvalue weighted by Gasteiger charge is -2.25. The van der Waals surface area contributed by atoms with Crippen molar-refractivity contribution < 1.29 is 37.4 Å². The number of nitrogens with zero attached hydrogens (tertiary/aromatic N) is 4. The molecule has 4 rings (SSSR count). The second kappa shape index (κ2) is 11.0. The number of aryl methyl sites for hydroxylation is 1. The van der Waals surface area contributed by atoms with Crippen LogP contribution in [0.3, 0.4) is 0 Å². The third-order valence-electron chi connectivity index (χ3n) is 5.84. The molecular formula is C24H31FN5O7P. The van der Waals surface area contributed by atoms with Crippen molar-refractivity contribution in [1.82, 2.24) is 24.6 Å². The Morgan fingerprint density at radius 1 is 1.29 bits per heavy atom. The molecule has 0 radical (unpaired) electrons. The highest BCUT2D eigenvalue weighted by Gasteiger charge is 2.56. The van der Waals surface area contributed by atoms with E-state index in [2.05, 4.69) is 20.0 Å². The van der Waals surface area contributed by atoms with Gasteiger partial charge in [0.2, 0.25) is 0 Å². The third kappa shape index (κ3) is 6.02. The first kappa shape index (κ1) is 28.1. The number of alkyl halides is 1. The van der Waals surface area contributed by atoms with Crippen LogP contribution >= 0.6 is 7.75 Å². The molecule has 0 unspecified atom stereocenters. The van der Waals surface area contributed by atoms with Gasteiger partial charge in [-0.1, -0.05) is 18.2 Å². The second-order valence-corrected chi connectivity index (χ2v) is 11.1. The van der Waals surface area contributed by atoms with E-state index in [0.29, 0.717) is 17.0 Å². The molecule has 1 saturated heterocycles. The van der Waals surface area contributed by atoms with Gasteiger partial charge in [0, 0.05) is 0 Å². The number of benzene rings is 1. The molecular weight excluding hydrogens is 520 g/mol. The molecule has 1 fully saturated rings. The topological polar surface area (TPSA) is 147 Å². The Morgan fingerprint density at radius 2 is 2.00 bits per heavy atom. The van der Waals surface area contributed by atoms with Crippen molar-refractivity contribution in [2.45, 2.75) is 70.9 Å². The summed E-state index contributed by atoms with van der Waals surface area (Å²) in [5.74, 6) is -0.0134. The van der Waals surface area contributed by atoms with E-state index in [-0.39, 0.29) is 5.75 Å². The first-order valence-corrected chi connectivity index (χ1v) is 13.6. The summed E-state index contributed by atoms with van der Waals surface area (Å²) in [5.41, 5.74) is -1.53. The number of para-hydroxylation sites is 1. The van der Waals surface area contributed by atoms with Gasteiger partial charge < -0.3 is 19.1 Å². The summed E-state index contributed by atoms with van der Waals surface area (Å²) in [6, 6.07) is 7.11. The van der Waals surface area contributed by atoms with Gasteiger partial charge in [-0.2, -0.15) is 5.09 Å². The molecule has 1 aromatic carbocycles. The van der Waals surface area contributed by atoms with Crippen LogP contribution in [0.4, 0.5) is 4.39 Å². The molecule has 38 heavy (non-hydrogen) atoms. The van der Waals surface area contributed by atoms with E-state index in [1.165, 1.54) is 30.9 Å². The Bertz CT molecular complexity index is 1320. The zero-order valence-electron chi connectivity index (χ0n) is 21.6. The van der Waals surface area contributed by atoms with E-state index < -0.39 is 56.6 Å². The Morgan fingerprint density at radius 3 is 2.68 bits per heavy atom. The minimum Gasteiger partial charge on any atom is -0.462 e. The number of rotatable bonds is 10. The number of hydrogen-bond acceptors (Lipinski definition) is 10. The van der Waals surface area contributed by atoms with Gasteiger partial charge in [-0.25, -0.2) is 23.9 Å². The fourth-order valence-electron chi connectivity index (χ4n) is 3.94. The van der Waals surface area contributed by atoms with Crippen LogP contribution in [-0.4, -0.2) is 67.2 Å². The van der Waals surface area contributed by atoms with Crippen LogP contribution in [0.2, 0.25) is 0 Å². The Balaban J connectivity index is 1.54. The SMILES string of the molecule is Cc1ncc2ncn([C@@H]3O[C@H](CO[P@@](=O)(N[C@@H](C)C(=O)OC(C)C)Oc4ccccc4)[C@@H](O)[C@@]3(C)F)c2n1. The number of aliphatic hydroxyl groups excluding tert-OH is 1. The smallest absolute Gasteiger partial charge is 0.459 e. The highest BCUT2D eigenvalue weighted by atomic mass is 31.2. The molecule has 0 aliphatic carbocycles. The number of carbonyl (C=O) groups excluding carboxylic acids is 1. The molecule has 12 nitrogen and oxygen atoms in total. The van der Waals surface area contributed by atoms with Crippen molar-refractivity contribution in [2.75, 3.05) is 6.61 Å². The first-order chi connectivity index (χ1) is 17.9. The lowest BCUT2D eigenvalue weighted by molar-refractivity contribution is -0.149. The molecule has 3 aromatic rings. The highest BCUT2D eigenvalue weighted by molar-refractivity contribution is 7.52. The quantitative estimate of drug-likeness (QED) is 0.283. The minimum absolute atomic E-state index is 0.203. The van der Waals surface area contributed by atoms with Gasteiger partial charge in [-0.3, -0.25) is 13.9 Å². The van der Waals surface area contributed by atoms with Crippen LogP contribution in [0, 0.1) is 6.92 Å². The van der Waals surface area contributed by atoms with E-state index >= 15 is 4.39 Å². The van der Waals surface area contributed by atoms with Crippen LogP contribution in [0.15, 0.2) is 42.9 Å². The molecule has 206 valence electrons. The maximum Gasteiger partial charge on any atom is 0.459 e. The standard InChI is InChI=1S/C24H31FN5O7P/c1-14(2)35-22(32)15(3)29-38(33,37-17-9-7-6-8-10-17)34-12-19-20(31)24(5,25)23(36-19)30-13-27-18-11-26-16(4)28-21(18)30/h6-11,13-15,19-20,23,31H,12H2,1-5H3,(H,29,33)/t15-,19+,20+,23+,24+,38-/m0/s1. The van der Waals surface area contributed by atoms with Crippen LogP contribution in [-0.2, 0) is 23.4 Å². The van der Waals surface area contributed by atoms with Gasteiger partial charge in [-0.05, 0) is 46.8 Å². The van der Waals surface area contributed by atoms with Crippen molar-refractivity contribution >= 4 is 24.9 Å². The summed E-state index contributed by atoms with van der Waals surface area (Å²) in [6.45, 7) is 7.15. The number of aromatic nitrogens is 4. The minimum atomic E-state index is -4.25. The molecule has 3 heterocycles. The molecule has 0 bridgehead atoms. The molecule has 14 heteroatoms. The van der Waals surface area contributed by atoms with Crippen LogP contribution < -0.4 is 9.61 Å². The zero-order valence-corrected chi connectivity index (χ0v) is 22.5. The van der Waals surface area contributed by atoms with Gasteiger partial charge >= 0.3 is 13.7 Å². The van der Waals surface area contributed by atoms with Crippen molar-refractivity contribution in [3.05, 3.63) is 48.7 Å². The number of carbonyl (C=O) groups is 1. The van der Waals surface area contributed by atoms with Crippen molar-refractivity contribution in [1.29, 1.82) is 0 Å². The number of imidazole rings is 1. The Hall–Kier alpha value is -2.96. The van der Waals surface area contributed by atoms with Gasteiger partial charge in [-0.15, -0.1) is 0 Å². The number of nitrogens with one attached hydrogen (secondary N) is 1. The van der Waals surface area contributed by atoms with Crippen LogP contribution in [0.5, 0.6) is 5.75 Å². The lowest BCUT2D eigenvalue weighted by Crippen LogP contribution is -2.41. The number of aliphatic hydroxyl groups is 1. The molecule has 2 N–H and O–H groups in total. The average Bonchev–Trinajstić information content (AvgIpc) is 3.35. The van der Waals surface area contributed by atoms with E-state index in [4.69, 9.17) is 18.5 Å². The first-order valence-electron chi connectivity index (χ1n) is 12.1. The van der Waals surface area contributed by atoms with Crippen molar-refractivity contribution in [2.24, 2.45) is 0 Å². The predicted octanol–water partition coefficient (Wildman–Crippen LogP) is 3.25. The van der Waals surface area contributed by atoms with E-state index in [1.807, 2.05) is 0 Å². The predicted molar refractivity (Wildman–Crippen MR) is 134 cm³/mol. The summed E-state index contributed by atoms with van der Waals surface area (Å²) in [4.78, 5) is 24.9. The fourth-order valence-corrected chi connectivity index (χ4v) is 5.44. The maximum absolute atomic E-state index is 15.8. The number of ether oxygens (including phenoxy) is 2. The number of fused-ring (bicyclic) bond motifs is 1. The molecule has 0 amide bonds. The van der Waals surface area contributed by atoms with Gasteiger partial charge in [0.1, 0.15) is 35.3 Å². The summed E-state index contributed by atoms with van der Waals surface area (Å²) < 4.78 is 53.1. The third-order valence-corrected chi connectivity index (χ3v) is 7.48. The second-order valence-electron chi connectivity index (χ2n) is 9.43. The van der Waals surface area contributed by atoms with E-state index in [1.54, 1.807) is 51.1 Å². The molecule has 0 spiro atoms. The Labute approximate surface area is 219 Å². The maximum atomic E-state index is 15.8. The summed E-state index contributed by atoms with van der Waals surface area (Å²) in [7, 11) is -4.25. The molecule has 1 aliphatic heterocycles. The van der Waals surface area contributed by atoms with Crippen molar-refractivity contribution in [3.8, 4) is 5.75 Å². The Kier molecular flexibility index (Phi) is 8.15. The number of esters is 1. The van der Waals surface area contributed by atoms with Crippen LogP contribution in [0.25, 0.3) is 11.2 Å². The summed E-state index contributed by atoms with van der Waals surface area (Å²) >= 11 is 0. The number of halogens is 1. The highest BCUT2D eigenvalue weighted by Crippen LogP contribution is 2.48. The fraction of sp³-hybridized carbons (Fsp3) is 0.500.